The van der Waals surface area contributed by atoms with Crippen LogP contribution in [0.2, 0.25) is 0 Å². The topological polar surface area (TPSA) is 40.4 Å². The number of nitrogens with zero attached hydrogens (tertiary/aromatic N) is 1. The highest BCUT2D eigenvalue weighted by atomic mass is 16.5. The molecule has 0 fully saturated rings. The van der Waals surface area contributed by atoms with E-state index in [0.29, 0.717) is 13.2 Å². The van der Waals surface area contributed by atoms with E-state index in [-0.39, 0.29) is 12.5 Å². The van der Waals surface area contributed by atoms with E-state index in [1.807, 2.05) is 6.92 Å². The van der Waals surface area contributed by atoms with Crippen molar-refractivity contribution in [3.8, 4) is 0 Å². The van der Waals surface area contributed by atoms with Crippen molar-refractivity contribution in [2.75, 3.05) is 19.7 Å². The van der Waals surface area contributed by atoms with Gasteiger partial charge in [-0.1, -0.05) is 6.92 Å². The van der Waals surface area contributed by atoms with Gasteiger partial charge in [-0.05, 0) is 6.92 Å². The van der Waals surface area contributed by atoms with Gasteiger partial charge < -0.3 is 4.74 Å². The summed E-state index contributed by atoms with van der Waals surface area (Å²) < 4.78 is 4.61. The number of ether oxygens (including phenoxy) is 1. The molecule has 0 heterocycles. The number of likely N-dealkylation sites (N-methyl/N-ethyl adjacent to an activating group) is 1. The quantitative estimate of drug-likeness (QED) is 0.509. The van der Waals surface area contributed by atoms with Crippen LogP contribution in [0, 0.1) is 0 Å². The predicted molar refractivity (Wildman–Crippen MR) is 34.2 cm³/mol. The second-order valence-electron chi connectivity index (χ2n) is 1.50. The van der Waals surface area contributed by atoms with E-state index in [4.69, 9.17) is 0 Å². The number of hydrogen-bond donors (Lipinski definition) is 0. The lowest BCUT2D eigenvalue weighted by atomic mass is 10.6. The largest absolute Gasteiger partial charge is 0.465 e. The summed E-state index contributed by atoms with van der Waals surface area (Å²) in [6.07, 6.45) is 0. The second kappa shape index (κ2) is 5.56. The molecule has 0 spiro atoms. The van der Waals surface area contributed by atoms with Crippen LogP contribution in [0.15, 0.2) is 0 Å². The minimum atomic E-state index is -0.237. The Hall–Kier alpha value is -0.570. The summed E-state index contributed by atoms with van der Waals surface area (Å²) in [6.45, 7) is 4.99. The Kier molecular flexibility index (Phi) is 5.21. The van der Waals surface area contributed by atoms with Crippen molar-refractivity contribution in [2.24, 2.45) is 0 Å². The van der Waals surface area contributed by atoms with Crippen molar-refractivity contribution in [3.63, 3.8) is 0 Å². The summed E-state index contributed by atoms with van der Waals surface area (Å²) in [5.41, 5.74) is 0. The maximum absolute atomic E-state index is 10.5. The highest BCUT2D eigenvalue weighted by molar-refractivity contribution is 5.71. The first-order valence-electron chi connectivity index (χ1n) is 3.10. The molecule has 0 N–H and O–H groups in total. The third-order valence-electron chi connectivity index (χ3n) is 0.770. The van der Waals surface area contributed by atoms with Gasteiger partial charge in [0.25, 0.3) is 0 Å². The maximum atomic E-state index is 10.5. The van der Waals surface area contributed by atoms with E-state index in [2.05, 4.69) is 10.1 Å². The van der Waals surface area contributed by atoms with Gasteiger partial charge >= 0.3 is 5.97 Å². The number of carbonyl (C=O) groups is 1. The van der Waals surface area contributed by atoms with E-state index < -0.39 is 0 Å². The standard InChI is InChI=1S/C6H12NO2/c1-3-7-5-6(8)9-4-2/h3-5H2,1-2H3. The van der Waals surface area contributed by atoms with E-state index in [0.717, 1.165) is 0 Å². The molecule has 0 aromatic rings. The highest BCUT2D eigenvalue weighted by Crippen LogP contribution is 1.74. The Morgan fingerprint density at radius 2 is 2.22 bits per heavy atom. The van der Waals surface area contributed by atoms with Gasteiger partial charge in [-0.25, -0.2) is 5.32 Å². The van der Waals surface area contributed by atoms with Crippen LogP contribution in [0.1, 0.15) is 13.8 Å². The van der Waals surface area contributed by atoms with Gasteiger partial charge in [0.1, 0.15) is 6.54 Å². The molecule has 53 valence electrons. The van der Waals surface area contributed by atoms with Crippen molar-refractivity contribution in [3.05, 3.63) is 0 Å². The van der Waals surface area contributed by atoms with Crippen molar-refractivity contribution in [1.82, 2.24) is 5.32 Å². The van der Waals surface area contributed by atoms with Crippen LogP contribution in [0.5, 0.6) is 0 Å². The smallest absolute Gasteiger partial charge is 0.321 e. The average Bonchev–Trinajstić information content (AvgIpc) is 1.85. The zero-order chi connectivity index (χ0) is 7.11. The van der Waals surface area contributed by atoms with Crippen molar-refractivity contribution in [2.45, 2.75) is 13.8 Å². The molecule has 0 saturated carbocycles. The summed E-state index contributed by atoms with van der Waals surface area (Å²) in [6, 6.07) is 0. The number of carbonyl (C=O) groups excluding carboxylic acids is 1. The first kappa shape index (κ1) is 8.43. The van der Waals surface area contributed by atoms with E-state index in [1.54, 1.807) is 6.92 Å². The lowest BCUT2D eigenvalue weighted by Crippen LogP contribution is -2.18. The molecule has 0 bridgehead atoms. The van der Waals surface area contributed by atoms with Gasteiger partial charge in [-0.15, -0.1) is 0 Å². The lowest BCUT2D eigenvalue weighted by Gasteiger charge is -1.98. The van der Waals surface area contributed by atoms with Crippen molar-refractivity contribution in [1.29, 1.82) is 0 Å². The fourth-order valence-electron chi connectivity index (χ4n) is 0.410. The van der Waals surface area contributed by atoms with E-state index >= 15 is 0 Å². The molecule has 1 radical (unpaired) electrons. The van der Waals surface area contributed by atoms with Gasteiger partial charge in [0.2, 0.25) is 0 Å². The molecule has 0 aliphatic heterocycles. The molecule has 0 aromatic heterocycles. The second-order valence-corrected chi connectivity index (χ2v) is 1.50. The SMILES string of the molecule is CC[N]CC(=O)OCC. The first-order valence-corrected chi connectivity index (χ1v) is 3.10. The molecule has 3 heteroatoms. The number of hydrogen-bond acceptors (Lipinski definition) is 2. The fourth-order valence-corrected chi connectivity index (χ4v) is 0.410. The van der Waals surface area contributed by atoms with Crippen molar-refractivity contribution < 1.29 is 9.53 Å². The zero-order valence-corrected chi connectivity index (χ0v) is 5.89. The molecule has 0 amide bonds. The fraction of sp³-hybridized carbons (Fsp3) is 0.833. The Labute approximate surface area is 55.4 Å². The van der Waals surface area contributed by atoms with Crippen molar-refractivity contribution >= 4 is 5.97 Å². The predicted octanol–water partition coefficient (Wildman–Crippen LogP) is 0.174. The molecule has 0 atom stereocenters. The number of rotatable bonds is 4. The van der Waals surface area contributed by atoms with Crippen LogP contribution in [0.3, 0.4) is 0 Å². The maximum Gasteiger partial charge on any atom is 0.321 e. The highest BCUT2D eigenvalue weighted by Gasteiger charge is 1.97. The van der Waals surface area contributed by atoms with E-state index in [9.17, 15) is 4.79 Å². The molecule has 0 unspecified atom stereocenters. The van der Waals surface area contributed by atoms with Crippen LogP contribution in [-0.2, 0) is 9.53 Å². The first-order chi connectivity index (χ1) is 4.31. The van der Waals surface area contributed by atoms with E-state index in [1.165, 1.54) is 0 Å². The van der Waals surface area contributed by atoms with Gasteiger partial charge in [0.05, 0.1) is 6.61 Å². The summed E-state index contributed by atoms with van der Waals surface area (Å²) in [5.74, 6) is -0.237. The number of esters is 1. The molecule has 0 saturated heterocycles. The Bertz CT molecular complexity index is 83.1. The summed E-state index contributed by atoms with van der Waals surface area (Å²) in [5, 5.41) is 3.82. The molecule has 0 aliphatic rings. The van der Waals surface area contributed by atoms with Gasteiger partial charge in [-0.3, -0.25) is 4.79 Å². The Morgan fingerprint density at radius 3 is 2.67 bits per heavy atom. The molecular weight excluding hydrogens is 118 g/mol. The monoisotopic (exact) mass is 130 g/mol. The molecule has 3 nitrogen and oxygen atoms in total. The van der Waals surface area contributed by atoms with Crippen LogP contribution in [0.25, 0.3) is 0 Å². The van der Waals surface area contributed by atoms with Gasteiger partial charge in [-0.2, -0.15) is 0 Å². The third kappa shape index (κ3) is 5.30. The van der Waals surface area contributed by atoms with Gasteiger partial charge in [0, 0.05) is 6.54 Å². The molecular formula is C6H12NO2. The molecule has 0 aliphatic carbocycles. The molecule has 0 aromatic carbocycles. The van der Waals surface area contributed by atoms with Crippen LogP contribution in [0.4, 0.5) is 0 Å². The third-order valence-corrected chi connectivity index (χ3v) is 0.770. The molecule has 9 heavy (non-hydrogen) atoms. The van der Waals surface area contributed by atoms with Crippen LogP contribution in [-0.4, -0.2) is 25.7 Å². The normalized spacial score (nSPS) is 9.11. The van der Waals surface area contributed by atoms with Crippen LogP contribution < -0.4 is 5.32 Å². The minimum Gasteiger partial charge on any atom is -0.465 e. The average molecular weight is 130 g/mol. The summed E-state index contributed by atoms with van der Waals surface area (Å²) in [7, 11) is 0. The van der Waals surface area contributed by atoms with Gasteiger partial charge in [0.15, 0.2) is 0 Å². The minimum absolute atomic E-state index is 0.199. The Balaban J connectivity index is 3.06. The molecule has 0 rings (SSSR count). The van der Waals surface area contributed by atoms with Crippen LogP contribution >= 0.6 is 0 Å². The lowest BCUT2D eigenvalue weighted by molar-refractivity contribution is -0.142. The summed E-state index contributed by atoms with van der Waals surface area (Å²) >= 11 is 0. The summed E-state index contributed by atoms with van der Waals surface area (Å²) in [4.78, 5) is 10.5. The zero-order valence-electron chi connectivity index (χ0n) is 5.89. The Morgan fingerprint density at radius 1 is 1.56 bits per heavy atom.